The highest BCUT2D eigenvalue weighted by Crippen LogP contribution is 2.19. The summed E-state index contributed by atoms with van der Waals surface area (Å²) in [4.78, 5) is 27.4. The van der Waals surface area contributed by atoms with Gasteiger partial charge in [-0.1, -0.05) is 30.3 Å². The van der Waals surface area contributed by atoms with Gasteiger partial charge in [-0.25, -0.2) is 0 Å². The molecule has 0 aliphatic carbocycles. The van der Waals surface area contributed by atoms with Gasteiger partial charge in [0.25, 0.3) is 5.91 Å². The van der Waals surface area contributed by atoms with E-state index in [-0.39, 0.29) is 24.5 Å². The molecule has 1 aliphatic rings. The van der Waals surface area contributed by atoms with Crippen LogP contribution >= 0.6 is 0 Å². The largest absolute Gasteiger partial charge is 0.481 e. The van der Waals surface area contributed by atoms with Gasteiger partial charge in [0.05, 0.1) is 6.10 Å². The monoisotopic (exact) mass is 410 g/mol. The lowest BCUT2D eigenvalue weighted by atomic mass is 10.1. The molecule has 0 spiro atoms. The van der Waals surface area contributed by atoms with Crippen LogP contribution in [0, 0.1) is 13.8 Å². The number of nitrogens with one attached hydrogen (secondary N) is 1. The molecule has 6 nitrogen and oxygen atoms in total. The van der Waals surface area contributed by atoms with Crippen molar-refractivity contribution >= 4 is 17.5 Å². The Balaban J connectivity index is 1.68. The first kappa shape index (κ1) is 21.8. The van der Waals surface area contributed by atoms with Gasteiger partial charge in [0.15, 0.2) is 6.10 Å². The first-order valence-electron chi connectivity index (χ1n) is 10.4. The van der Waals surface area contributed by atoms with Crippen molar-refractivity contribution in [1.29, 1.82) is 0 Å². The van der Waals surface area contributed by atoms with Crippen molar-refractivity contribution in [3.05, 3.63) is 59.7 Å². The molecule has 1 heterocycles. The lowest BCUT2D eigenvalue weighted by molar-refractivity contribution is -0.142. The molecular formula is C24H30N2O4. The molecule has 1 aliphatic heterocycles. The van der Waals surface area contributed by atoms with Crippen molar-refractivity contribution in [2.24, 2.45) is 0 Å². The van der Waals surface area contributed by atoms with Crippen molar-refractivity contribution < 1.29 is 19.1 Å². The summed E-state index contributed by atoms with van der Waals surface area (Å²) in [5.41, 5.74) is 2.88. The Morgan fingerprint density at radius 2 is 1.93 bits per heavy atom. The first-order valence-corrected chi connectivity index (χ1v) is 10.4. The maximum Gasteiger partial charge on any atom is 0.263 e. The highest BCUT2D eigenvalue weighted by Gasteiger charge is 2.28. The minimum absolute atomic E-state index is 0.0471. The van der Waals surface area contributed by atoms with E-state index in [0.717, 1.165) is 29.7 Å². The van der Waals surface area contributed by atoms with Crippen LogP contribution in [0.1, 0.15) is 30.9 Å². The minimum atomic E-state index is -0.706. The molecule has 1 N–H and O–H groups in total. The summed E-state index contributed by atoms with van der Waals surface area (Å²) < 4.78 is 11.5. The second kappa shape index (κ2) is 10.3. The maximum atomic E-state index is 13.1. The summed E-state index contributed by atoms with van der Waals surface area (Å²) in [6, 6.07) is 15.0. The fourth-order valence-electron chi connectivity index (χ4n) is 3.53. The molecule has 2 aromatic rings. The summed E-state index contributed by atoms with van der Waals surface area (Å²) in [5.74, 6) is 0.155. The van der Waals surface area contributed by atoms with Gasteiger partial charge in [-0.15, -0.1) is 0 Å². The highest BCUT2D eigenvalue weighted by atomic mass is 16.5. The lowest BCUT2D eigenvalue weighted by Gasteiger charge is -2.28. The lowest BCUT2D eigenvalue weighted by Crippen LogP contribution is -2.47. The predicted molar refractivity (Wildman–Crippen MR) is 117 cm³/mol. The average Bonchev–Trinajstić information content (AvgIpc) is 3.24. The van der Waals surface area contributed by atoms with E-state index < -0.39 is 6.10 Å². The predicted octanol–water partition coefficient (Wildman–Crippen LogP) is 3.72. The van der Waals surface area contributed by atoms with Gasteiger partial charge in [0.1, 0.15) is 12.3 Å². The van der Waals surface area contributed by atoms with Crippen molar-refractivity contribution in [3.63, 3.8) is 0 Å². The zero-order chi connectivity index (χ0) is 21.5. The van der Waals surface area contributed by atoms with Gasteiger partial charge in [0.2, 0.25) is 5.91 Å². The molecule has 0 aromatic heterocycles. The number of rotatable bonds is 8. The van der Waals surface area contributed by atoms with Crippen LogP contribution in [0.4, 0.5) is 5.69 Å². The standard InChI is InChI=1S/C24H30N2O4/c1-17-9-7-13-22(18(17)2)25-23(27)16-26(15-21-12-8-14-29-21)24(28)19(3)30-20-10-5-4-6-11-20/h4-7,9-11,13,19,21H,8,12,14-16H2,1-3H3,(H,25,27). The van der Waals surface area contributed by atoms with Gasteiger partial charge in [-0.05, 0) is 62.9 Å². The molecule has 1 saturated heterocycles. The smallest absolute Gasteiger partial charge is 0.263 e. The molecule has 30 heavy (non-hydrogen) atoms. The van der Waals surface area contributed by atoms with Crippen LogP contribution in [0.25, 0.3) is 0 Å². The molecule has 2 atom stereocenters. The molecule has 2 amide bonds. The summed E-state index contributed by atoms with van der Waals surface area (Å²) in [7, 11) is 0. The molecule has 6 heteroatoms. The van der Waals surface area contributed by atoms with Crippen molar-refractivity contribution in [2.45, 2.75) is 45.8 Å². The molecule has 0 radical (unpaired) electrons. The third kappa shape index (κ3) is 5.83. The Hall–Kier alpha value is -2.86. The van der Waals surface area contributed by atoms with E-state index in [1.807, 2.05) is 50.2 Å². The second-order valence-corrected chi connectivity index (χ2v) is 7.72. The normalized spacial score (nSPS) is 16.7. The van der Waals surface area contributed by atoms with Gasteiger partial charge < -0.3 is 19.7 Å². The quantitative estimate of drug-likeness (QED) is 0.720. The Labute approximate surface area is 178 Å². The first-order chi connectivity index (χ1) is 14.4. The Bertz CT molecular complexity index is 863. The van der Waals surface area contributed by atoms with E-state index in [1.165, 1.54) is 0 Å². The minimum Gasteiger partial charge on any atom is -0.481 e. The number of para-hydroxylation sites is 1. The van der Waals surface area contributed by atoms with Gasteiger partial charge in [-0.2, -0.15) is 0 Å². The summed E-state index contributed by atoms with van der Waals surface area (Å²) in [6.07, 6.45) is 1.10. The molecule has 2 unspecified atom stereocenters. The van der Waals surface area contributed by atoms with Crippen LogP contribution in [0.3, 0.4) is 0 Å². The number of hydrogen-bond acceptors (Lipinski definition) is 4. The fraction of sp³-hybridized carbons (Fsp3) is 0.417. The number of carbonyl (C=O) groups excluding carboxylic acids is 2. The number of benzene rings is 2. The van der Waals surface area contributed by atoms with E-state index in [2.05, 4.69) is 5.32 Å². The van der Waals surface area contributed by atoms with Crippen LogP contribution in [0.15, 0.2) is 48.5 Å². The Morgan fingerprint density at radius 1 is 1.17 bits per heavy atom. The highest BCUT2D eigenvalue weighted by molar-refractivity contribution is 5.95. The van der Waals surface area contributed by atoms with Crippen LogP contribution in [-0.2, 0) is 14.3 Å². The molecule has 0 saturated carbocycles. The number of hydrogen-bond donors (Lipinski definition) is 1. The van der Waals surface area contributed by atoms with Crippen molar-refractivity contribution in [1.82, 2.24) is 4.90 Å². The van der Waals surface area contributed by atoms with Crippen LogP contribution in [0.2, 0.25) is 0 Å². The van der Waals surface area contributed by atoms with E-state index in [0.29, 0.717) is 18.9 Å². The number of ether oxygens (including phenoxy) is 2. The van der Waals surface area contributed by atoms with E-state index in [4.69, 9.17) is 9.47 Å². The van der Waals surface area contributed by atoms with Gasteiger partial charge >= 0.3 is 0 Å². The molecule has 2 aromatic carbocycles. The molecule has 3 rings (SSSR count). The van der Waals surface area contributed by atoms with Crippen molar-refractivity contribution in [2.75, 3.05) is 25.0 Å². The van der Waals surface area contributed by atoms with Crippen LogP contribution in [-0.4, -0.2) is 48.6 Å². The number of amides is 2. The zero-order valence-corrected chi connectivity index (χ0v) is 17.9. The Morgan fingerprint density at radius 3 is 2.63 bits per heavy atom. The molecular weight excluding hydrogens is 380 g/mol. The van der Waals surface area contributed by atoms with E-state index >= 15 is 0 Å². The van der Waals surface area contributed by atoms with Crippen LogP contribution in [0.5, 0.6) is 5.75 Å². The van der Waals surface area contributed by atoms with E-state index in [1.54, 1.807) is 24.0 Å². The second-order valence-electron chi connectivity index (χ2n) is 7.72. The third-order valence-electron chi connectivity index (χ3n) is 5.38. The van der Waals surface area contributed by atoms with Crippen LogP contribution < -0.4 is 10.1 Å². The van der Waals surface area contributed by atoms with Gasteiger partial charge in [-0.3, -0.25) is 9.59 Å². The van der Waals surface area contributed by atoms with E-state index in [9.17, 15) is 9.59 Å². The number of carbonyl (C=O) groups is 2. The summed E-state index contributed by atoms with van der Waals surface area (Å²) in [5, 5.41) is 2.94. The molecule has 0 bridgehead atoms. The average molecular weight is 411 g/mol. The topological polar surface area (TPSA) is 67.9 Å². The number of anilines is 1. The zero-order valence-electron chi connectivity index (χ0n) is 17.9. The molecule has 160 valence electrons. The summed E-state index contributed by atoms with van der Waals surface area (Å²) >= 11 is 0. The Kier molecular flexibility index (Phi) is 7.46. The molecule has 1 fully saturated rings. The summed E-state index contributed by atoms with van der Waals surface area (Å²) in [6.45, 7) is 6.70. The number of nitrogens with zero attached hydrogens (tertiary/aromatic N) is 1. The fourth-order valence-corrected chi connectivity index (χ4v) is 3.53. The third-order valence-corrected chi connectivity index (χ3v) is 5.38. The number of aryl methyl sites for hydroxylation is 1. The SMILES string of the molecule is Cc1cccc(NC(=O)CN(CC2CCCO2)C(=O)C(C)Oc2ccccc2)c1C. The van der Waals surface area contributed by atoms with Crippen molar-refractivity contribution in [3.8, 4) is 5.75 Å². The maximum absolute atomic E-state index is 13.1. The van der Waals surface area contributed by atoms with Gasteiger partial charge in [0, 0.05) is 18.8 Å².